The normalized spacial score (nSPS) is 10.9. The van der Waals surface area contributed by atoms with Crippen LogP contribution in [0.3, 0.4) is 0 Å². The first-order chi connectivity index (χ1) is 12.1. The van der Waals surface area contributed by atoms with E-state index in [9.17, 15) is 5.11 Å². The van der Waals surface area contributed by atoms with Crippen molar-refractivity contribution in [3.05, 3.63) is 47.3 Å². The SMILES string of the molecule is CCCCOc1nc(CC(C)C)c(OCc2ccccc2)nc1CO. The quantitative estimate of drug-likeness (QED) is 0.662. The van der Waals surface area contributed by atoms with Gasteiger partial charge in [-0.1, -0.05) is 57.5 Å². The highest BCUT2D eigenvalue weighted by Gasteiger charge is 2.17. The minimum atomic E-state index is -0.224. The maximum Gasteiger partial charge on any atom is 0.238 e. The molecular formula is C20H28N2O3. The summed E-state index contributed by atoms with van der Waals surface area (Å²) < 4.78 is 11.6. The van der Waals surface area contributed by atoms with E-state index in [4.69, 9.17) is 9.47 Å². The van der Waals surface area contributed by atoms with Gasteiger partial charge in [0.2, 0.25) is 11.8 Å². The third-order valence-electron chi connectivity index (χ3n) is 3.67. The Morgan fingerprint density at radius 1 is 1.00 bits per heavy atom. The number of rotatable bonds is 10. The van der Waals surface area contributed by atoms with Crippen molar-refractivity contribution in [2.75, 3.05) is 6.61 Å². The van der Waals surface area contributed by atoms with Gasteiger partial charge >= 0.3 is 0 Å². The molecule has 2 aromatic rings. The molecule has 0 aliphatic heterocycles. The molecule has 136 valence electrons. The molecule has 5 heteroatoms. The van der Waals surface area contributed by atoms with Gasteiger partial charge in [-0.05, 0) is 24.3 Å². The van der Waals surface area contributed by atoms with Gasteiger partial charge in [0.25, 0.3) is 0 Å². The standard InChI is InChI=1S/C20H28N2O3/c1-4-5-11-24-20-18(13-23)22-19(17(21-20)12-15(2)3)25-14-16-9-7-6-8-10-16/h6-10,15,23H,4-5,11-14H2,1-3H3. The molecule has 1 heterocycles. The molecule has 0 bridgehead atoms. The first-order valence-electron chi connectivity index (χ1n) is 8.94. The number of aromatic nitrogens is 2. The van der Waals surface area contributed by atoms with E-state index in [0.29, 0.717) is 36.6 Å². The van der Waals surface area contributed by atoms with Gasteiger partial charge in [-0.15, -0.1) is 0 Å². The molecule has 0 saturated carbocycles. The summed E-state index contributed by atoms with van der Waals surface area (Å²) in [4.78, 5) is 9.08. The third-order valence-corrected chi connectivity index (χ3v) is 3.67. The van der Waals surface area contributed by atoms with Gasteiger partial charge in [0.05, 0.1) is 13.2 Å². The van der Waals surface area contributed by atoms with E-state index in [2.05, 4.69) is 30.7 Å². The molecule has 0 radical (unpaired) electrons. The molecule has 0 fully saturated rings. The average molecular weight is 344 g/mol. The van der Waals surface area contributed by atoms with Crippen LogP contribution in [0.15, 0.2) is 30.3 Å². The Morgan fingerprint density at radius 3 is 2.32 bits per heavy atom. The second-order valence-electron chi connectivity index (χ2n) is 6.46. The lowest BCUT2D eigenvalue weighted by atomic mass is 10.1. The number of aliphatic hydroxyl groups excluding tert-OH is 1. The predicted octanol–water partition coefficient (Wildman–Crippen LogP) is 3.93. The molecule has 0 aliphatic carbocycles. The molecule has 1 N–H and O–H groups in total. The Bertz CT molecular complexity index is 645. The zero-order valence-corrected chi connectivity index (χ0v) is 15.4. The first kappa shape index (κ1) is 19.2. The molecule has 5 nitrogen and oxygen atoms in total. The fourth-order valence-corrected chi connectivity index (χ4v) is 2.36. The topological polar surface area (TPSA) is 64.5 Å². The van der Waals surface area contributed by atoms with Gasteiger partial charge in [-0.25, -0.2) is 9.97 Å². The summed E-state index contributed by atoms with van der Waals surface area (Å²) >= 11 is 0. The Balaban J connectivity index is 2.22. The molecule has 25 heavy (non-hydrogen) atoms. The van der Waals surface area contributed by atoms with Crippen molar-refractivity contribution in [1.82, 2.24) is 9.97 Å². The lowest BCUT2D eigenvalue weighted by Gasteiger charge is -2.15. The highest BCUT2D eigenvalue weighted by molar-refractivity contribution is 5.29. The molecule has 0 saturated heterocycles. The largest absolute Gasteiger partial charge is 0.476 e. The van der Waals surface area contributed by atoms with E-state index >= 15 is 0 Å². The lowest BCUT2D eigenvalue weighted by Crippen LogP contribution is -2.11. The fraction of sp³-hybridized carbons (Fsp3) is 0.500. The Hall–Kier alpha value is -2.14. The highest BCUT2D eigenvalue weighted by Crippen LogP contribution is 2.25. The van der Waals surface area contributed by atoms with Crippen LogP contribution < -0.4 is 9.47 Å². The zero-order valence-electron chi connectivity index (χ0n) is 15.4. The van der Waals surface area contributed by atoms with Crippen LogP contribution in [0, 0.1) is 5.92 Å². The summed E-state index contributed by atoms with van der Waals surface area (Å²) in [6.07, 6.45) is 2.73. The Labute approximate surface area is 150 Å². The molecule has 0 unspecified atom stereocenters. The smallest absolute Gasteiger partial charge is 0.238 e. The van der Waals surface area contributed by atoms with E-state index < -0.39 is 0 Å². The maximum absolute atomic E-state index is 9.62. The van der Waals surface area contributed by atoms with Crippen molar-refractivity contribution in [3.63, 3.8) is 0 Å². The molecular weight excluding hydrogens is 316 g/mol. The second-order valence-corrected chi connectivity index (χ2v) is 6.46. The molecule has 0 atom stereocenters. The molecule has 0 aliphatic rings. The van der Waals surface area contributed by atoms with Crippen molar-refractivity contribution in [2.45, 2.75) is 53.2 Å². The number of aliphatic hydroxyl groups is 1. The number of hydrogen-bond acceptors (Lipinski definition) is 5. The summed E-state index contributed by atoms with van der Waals surface area (Å²) in [5.41, 5.74) is 2.26. The minimum absolute atomic E-state index is 0.224. The zero-order chi connectivity index (χ0) is 18.1. The lowest BCUT2D eigenvalue weighted by molar-refractivity contribution is 0.237. The fourth-order valence-electron chi connectivity index (χ4n) is 2.36. The van der Waals surface area contributed by atoms with Gasteiger partial charge < -0.3 is 14.6 Å². The van der Waals surface area contributed by atoms with Gasteiger partial charge in [0.1, 0.15) is 18.0 Å². The van der Waals surface area contributed by atoms with Crippen LogP contribution in [-0.2, 0) is 19.6 Å². The van der Waals surface area contributed by atoms with Crippen LogP contribution in [0.2, 0.25) is 0 Å². The van der Waals surface area contributed by atoms with Crippen molar-refractivity contribution in [1.29, 1.82) is 0 Å². The molecule has 2 rings (SSSR count). The molecule has 0 spiro atoms. The van der Waals surface area contributed by atoms with Crippen molar-refractivity contribution in [3.8, 4) is 11.8 Å². The number of hydrogen-bond donors (Lipinski definition) is 1. The third kappa shape index (κ3) is 6.02. The van der Waals surface area contributed by atoms with Crippen LogP contribution in [-0.4, -0.2) is 21.7 Å². The first-order valence-corrected chi connectivity index (χ1v) is 8.94. The van der Waals surface area contributed by atoms with E-state index in [1.807, 2.05) is 30.3 Å². The van der Waals surface area contributed by atoms with Gasteiger partial charge in [-0.3, -0.25) is 0 Å². The van der Waals surface area contributed by atoms with Gasteiger partial charge in [0, 0.05) is 0 Å². The summed E-state index contributed by atoms with van der Waals surface area (Å²) in [6, 6.07) is 9.93. The van der Waals surface area contributed by atoms with E-state index in [-0.39, 0.29) is 6.61 Å². The number of unbranched alkanes of at least 4 members (excludes halogenated alkanes) is 1. The molecule has 1 aromatic heterocycles. The Morgan fingerprint density at radius 2 is 1.68 bits per heavy atom. The van der Waals surface area contributed by atoms with Gasteiger partial charge in [-0.2, -0.15) is 0 Å². The maximum atomic E-state index is 9.62. The number of nitrogens with zero attached hydrogens (tertiary/aromatic N) is 2. The van der Waals surface area contributed by atoms with E-state index in [1.54, 1.807) is 0 Å². The van der Waals surface area contributed by atoms with Gasteiger partial charge in [0.15, 0.2) is 0 Å². The summed E-state index contributed by atoms with van der Waals surface area (Å²) in [6.45, 7) is 7.12. The highest BCUT2D eigenvalue weighted by atomic mass is 16.5. The van der Waals surface area contributed by atoms with Crippen LogP contribution in [0.1, 0.15) is 50.6 Å². The average Bonchev–Trinajstić information content (AvgIpc) is 2.61. The Kier molecular flexibility index (Phi) is 7.67. The summed E-state index contributed by atoms with van der Waals surface area (Å²) in [5, 5.41) is 9.62. The monoisotopic (exact) mass is 344 g/mol. The minimum Gasteiger partial charge on any atom is -0.476 e. The summed E-state index contributed by atoms with van der Waals surface area (Å²) in [7, 11) is 0. The van der Waals surface area contributed by atoms with Crippen LogP contribution >= 0.6 is 0 Å². The molecule has 1 aromatic carbocycles. The van der Waals surface area contributed by atoms with E-state index in [0.717, 1.165) is 30.5 Å². The van der Waals surface area contributed by atoms with Crippen LogP contribution in [0.5, 0.6) is 11.8 Å². The van der Waals surface area contributed by atoms with Crippen molar-refractivity contribution < 1.29 is 14.6 Å². The second kappa shape index (κ2) is 9.99. The summed E-state index contributed by atoms with van der Waals surface area (Å²) in [5.74, 6) is 1.31. The van der Waals surface area contributed by atoms with Crippen LogP contribution in [0.25, 0.3) is 0 Å². The van der Waals surface area contributed by atoms with Crippen molar-refractivity contribution in [2.24, 2.45) is 5.92 Å². The van der Waals surface area contributed by atoms with Crippen molar-refractivity contribution >= 4 is 0 Å². The molecule has 0 amide bonds. The number of benzene rings is 1. The van der Waals surface area contributed by atoms with E-state index in [1.165, 1.54) is 0 Å². The van der Waals surface area contributed by atoms with Crippen LogP contribution in [0.4, 0.5) is 0 Å². The number of ether oxygens (including phenoxy) is 2. The predicted molar refractivity (Wildman–Crippen MR) is 97.7 cm³/mol.